The van der Waals surface area contributed by atoms with Gasteiger partial charge in [-0.3, -0.25) is 4.79 Å². The van der Waals surface area contributed by atoms with Gasteiger partial charge >= 0.3 is 0 Å². The number of aromatic nitrogens is 1. The molecule has 2 rings (SSSR count). The van der Waals surface area contributed by atoms with E-state index in [0.717, 1.165) is 30.9 Å². The number of pyridine rings is 1. The number of hydrogen-bond acceptors (Lipinski definition) is 3. The van der Waals surface area contributed by atoms with Crippen LogP contribution in [0.15, 0.2) is 12.1 Å². The second-order valence-corrected chi connectivity index (χ2v) is 5.73. The summed E-state index contributed by atoms with van der Waals surface area (Å²) in [4.78, 5) is 16.6. The van der Waals surface area contributed by atoms with Crippen molar-refractivity contribution in [3.63, 3.8) is 0 Å². The molecule has 0 aliphatic heterocycles. The molecule has 1 saturated carbocycles. The van der Waals surface area contributed by atoms with E-state index in [-0.39, 0.29) is 5.91 Å². The van der Waals surface area contributed by atoms with E-state index >= 15 is 0 Å². The Hall–Kier alpha value is -1.58. The Morgan fingerprint density at radius 3 is 2.74 bits per heavy atom. The van der Waals surface area contributed by atoms with Gasteiger partial charge in [0.25, 0.3) is 5.91 Å². The first-order valence-electron chi connectivity index (χ1n) is 7.03. The first-order valence-corrected chi connectivity index (χ1v) is 7.03. The smallest absolute Gasteiger partial charge is 0.251 e. The van der Waals surface area contributed by atoms with E-state index in [1.165, 1.54) is 12.8 Å². The van der Waals surface area contributed by atoms with Gasteiger partial charge in [0.15, 0.2) is 0 Å². The lowest BCUT2D eigenvalue weighted by Crippen LogP contribution is -2.29. The first kappa shape index (κ1) is 13.8. The van der Waals surface area contributed by atoms with Crippen molar-refractivity contribution in [1.29, 1.82) is 0 Å². The standard InChI is InChI=1S/C15H23N3O/c1-4-5-12-8-11(9-13(16-3)18-12)14(19)17-10-15(2)6-7-15/h8-9H,4-7,10H2,1-3H3,(H,16,18)(H,17,19). The first-order chi connectivity index (χ1) is 9.06. The molecule has 1 aromatic rings. The van der Waals surface area contributed by atoms with Crippen LogP contribution in [-0.4, -0.2) is 24.5 Å². The quantitative estimate of drug-likeness (QED) is 0.827. The highest BCUT2D eigenvalue weighted by molar-refractivity contribution is 5.95. The largest absolute Gasteiger partial charge is 0.373 e. The Morgan fingerprint density at radius 2 is 2.16 bits per heavy atom. The number of carbonyl (C=O) groups is 1. The summed E-state index contributed by atoms with van der Waals surface area (Å²) in [5.74, 6) is 0.762. The molecule has 0 radical (unpaired) electrons. The molecule has 4 heteroatoms. The van der Waals surface area contributed by atoms with Gasteiger partial charge in [0, 0.05) is 24.8 Å². The van der Waals surface area contributed by atoms with Gasteiger partial charge < -0.3 is 10.6 Å². The van der Waals surface area contributed by atoms with Crippen LogP contribution in [0.4, 0.5) is 5.82 Å². The minimum absolute atomic E-state index is 0.00405. The van der Waals surface area contributed by atoms with Crippen molar-refractivity contribution in [2.45, 2.75) is 39.5 Å². The molecule has 0 unspecified atom stereocenters. The number of nitrogens with one attached hydrogen (secondary N) is 2. The summed E-state index contributed by atoms with van der Waals surface area (Å²) < 4.78 is 0. The van der Waals surface area contributed by atoms with Crippen molar-refractivity contribution in [2.24, 2.45) is 5.41 Å². The maximum absolute atomic E-state index is 12.2. The lowest BCUT2D eigenvalue weighted by molar-refractivity contribution is 0.0946. The third kappa shape index (κ3) is 3.69. The van der Waals surface area contributed by atoms with Crippen LogP contribution >= 0.6 is 0 Å². The summed E-state index contributed by atoms with van der Waals surface area (Å²) in [6, 6.07) is 3.71. The molecule has 1 fully saturated rings. The summed E-state index contributed by atoms with van der Waals surface area (Å²) in [5, 5.41) is 6.04. The molecular formula is C15H23N3O. The highest BCUT2D eigenvalue weighted by Gasteiger charge is 2.37. The topological polar surface area (TPSA) is 54.0 Å². The van der Waals surface area contributed by atoms with Gasteiger partial charge in [-0.1, -0.05) is 20.3 Å². The minimum Gasteiger partial charge on any atom is -0.373 e. The Morgan fingerprint density at radius 1 is 1.42 bits per heavy atom. The molecule has 0 bridgehead atoms. The average Bonchev–Trinajstić information content (AvgIpc) is 3.14. The van der Waals surface area contributed by atoms with Crippen LogP contribution in [0.2, 0.25) is 0 Å². The van der Waals surface area contributed by atoms with E-state index in [1.807, 2.05) is 19.2 Å². The van der Waals surface area contributed by atoms with Gasteiger partial charge in [-0.25, -0.2) is 4.98 Å². The minimum atomic E-state index is 0.00405. The Kier molecular flexibility index (Phi) is 4.08. The zero-order valence-electron chi connectivity index (χ0n) is 12.0. The Balaban J connectivity index is 2.08. The Bertz CT molecular complexity index is 466. The molecule has 1 heterocycles. The number of aryl methyl sites for hydroxylation is 1. The number of hydrogen-bond donors (Lipinski definition) is 2. The third-order valence-corrected chi connectivity index (χ3v) is 3.68. The predicted octanol–water partition coefficient (Wildman–Crippen LogP) is 2.61. The van der Waals surface area contributed by atoms with Gasteiger partial charge in [-0.05, 0) is 36.8 Å². The van der Waals surface area contributed by atoms with Crippen LogP contribution < -0.4 is 10.6 Å². The normalized spacial score (nSPS) is 15.9. The molecule has 0 saturated heterocycles. The molecule has 1 aliphatic carbocycles. The fourth-order valence-electron chi connectivity index (χ4n) is 2.02. The van der Waals surface area contributed by atoms with Crippen LogP contribution in [0.3, 0.4) is 0 Å². The average molecular weight is 261 g/mol. The van der Waals surface area contributed by atoms with E-state index in [2.05, 4.69) is 29.5 Å². The Labute approximate surface area is 115 Å². The van der Waals surface area contributed by atoms with E-state index in [0.29, 0.717) is 11.0 Å². The van der Waals surface area contributed by atoms with Crippen LogP contribution in [0.5, 0.6) is 0 Å². The number of nitrogens with zero attached hydrogens (tertiary/aromatic N) is 1. The molecule has 0 aromatic carbocycles. The van der Waals surface area contributed by atoms with Crippen molar-refractivity contribution >= 4 is 11.7 Å². The van der Waals surface area contributed by atoms with Crippen molar-refractivity contribution in [2.75, 3.05) is 18.9 Å². The molecule has 19 heavy (non-hydrogen) atoms. The van der Waals surface area contributed by atoms with E-state index < -0.39 is 0 Å². The maximum atomic E-state index is 12.2. The zero-order chi connectivity index (χ0) is 13.9. The van der Waals surface area contributed by atoms with Gasteiger partial charge in [0.1, 0.15) is 5.82 Å². The SMILES string of the molecule is CCCc1cc(C(=O)NCC2(C)CC2)cc(NC)n1. The van der Waals surface area contributed by atoms with E-state index in [4.69, 9.17) is 0 Å². The lowest BCUT2D eigenvalue weighted by Gasteiger charge is -2.12. The second kappa shape index (κ2) is 5.59. The molecule has 4 nitrogen and oxygen atoms in total. The van der Waals surface area contributed by atoms with Crippen molar-refractivity contribution in [3.05, 3.63) is 23.4 Å². The van der Waals surface area contributed by atoms with Crippen LogP contribution in [-0.2, 0) is 6.42 Å². The van der Waals surface area contributed by atoms with Gasteiger partial charge in [-0.15, -0.1) is 0 Å². The van der Waals surface area contributed by atoms with Crippen LogP contribution in [0, 0.1) is 5.41 Å². The van der Waals surface area contributed by atoms with Crippen LogP contribution in [0.1, 0.15) is 49.2 Å². The van der Waals surface area contributed by atoms with Crippen molar-refractivity contribution < 1.29 is 4.79 Å². The molecule has 2 N–H and O–H groups in total. The summed E-state index contributed by atoms with van der Waals surface area (Å²) in [5.41, 5.74) is 2.00. The number of rotatable bonds is 6. The molecule has 104 valence electrons. The summed E-state index contributed by atoms with van der Waals surface area (Å²) >= 11 is 0. The van der Waals surface area contributed by atoms with E-state index in [1.54, 1.807) is 0 Å². The summed E-state index contributed by atoms with van der Waals surface area (Å²) in [6.45, 7) is 5.09. The van der Waals surface area contributed by atoms with Gasteiger partial charge in [0.2, 0.25) is 0 Å². The number of anilines is 1. The fourth-order valence-corrected chi connectivity index (χ4v) is 2.02. The number of carbonyl (C=O) groups excluding carboxylic acids is 1. The molecule has 1 aliphatic rings. The molecule has 0 atom stereocenters. The van der Waals surface area contributed by atoms with Crippen molar-refractivity contribution in [3.8, 4) is 0 Å². The third-order valence-electron chi connectivity index (χ3n) is 3.68. The molecule has 0 spiro atoms. The number of amides is 1. The second-order valence-electron chi connectivity index (χ2n) is 5.73. The summed E-state index contributed by atoms with van der Waals surface area (Å²) in [7, 11) is 1.82. The van der Waals surface area contributed by atoms with Gasteiger partial charge in [-0.2, -0.15) is 0 Å². The monoisotopic (exact) mass is 261 g/mol. The molecular weight excluding hydrogens is 238 g/mol. The highest BCUT2D eigenvalue weighted by Crippen LogP contribution is 2.44. The van der Waals surface area contributed by atoms with E-state index in [9.17, 15) is 4.79 Å². The fraction of sp³-hybridized carbons (Fsp3) is 0.600. The molecule has 1 amide bonds. The van der Waals surface area contributed by atoms with Crippen molar-refractivity contribution in [1.82, 2.24) is 10.3 Å². The van der Waals surface area contributed by atoms with Crippen LogP contribution in [0.25, 0.3) is 0 Å². The predicted molar refractivity (Wildman–Crippen MR) is 77.5 cm³/mol. The molecule has 1 aromatic heterocycles. The zero-order valence-corrected chi connectivity index (χ0v) is 12.0. The summed E-state index contributed by atoms with van der Waals surface area (Å²) in [6.07, 6.45) is 4.35. The maximum Gasteiger partial charge on any atom is 0.251 e. The highest BCUT2D eigenvalue weighted by atomic mass is 16.1. The lowest BCUT2D eigenvalue weighted by atomic mass is 10.1. The van der Waals surface area contributed by atoms with Gasteiger partial charge in [0.05, 0.1) is 0 Å².